The lowest BCUT2D eigenvalue weighted by atomic mass is 10.1. The average molecular weight is 242 g/mol. The van der Waals surface area contributed by atoms with Gasteiger partial charge in [-0.2, -0.15) is 0 Å². The van der Waals surface area contributed by atoms with Crippen molar-refractivity contribution in [1.29, 1.82) is 0 Å². The first kappa shape index (κ1) is 12.9. The Morgan fingerprint density at radius 1 is 1.50 bits per heavy atom. The van der Waals surface area contributed by atoms with Gasteiger partial charge in [0.2, 0.25) is 0 Å². The molecular weight excluding hydrogens is 226 g/mol. The van der Waals surface area contributed by atoms with E-state index in [0.29, 0.717) is 23.6 Å². The third-order valence-electron chi connectivity index (χ3n) is 2.34. The van der Waals surface area contributed by atoms with Crippen LogP contribution in [-0.4, -0.2) is 29.8 Å². The Labute approximate surface area is 101 Å². The number of nitrogens with zero attached hydrogens (tertiary/aromatic N) is 3. The Hall–Kier alpha value is -1.16. The summed E-state index contributed by atoms with van der Waals surface area (Å²) in [5, 5.41) is 0.205. The molecule has 1 rings (SSSR count). The maximum Gasteiger partial charge on any atom is 0.156 e. The van der Waals surface area contributed by atoms with Crippen molar-refractivity contribution < 1.29 is 4.79 Å². The summed E-state index contributed by atoms with van der Waals surface area (Å²) in [6.07, 6.45) is 3.11. The van der Waals surface area contributed by atoms with Crippen molar-refractivity contribution in [2.24, 2.45) is 5.92 Å². The molecule has 5 heteroatoms. The van der Waals surface area contributed by atoms with Crippen LogP contribution in [0.5, 0.6) is 0 Å². The fourth-order valence-electron chi connectivity index (χ4n) is 1.33. The van der Waals surface area contributed by atoms with Gasteiger partial charge in [0.1, 0.15) is 17.3 Å². The number of carbonyl (C=O) groups excluding carboxylic acids is 1. The molecule has 0 unspecified atom stereocenters. The van der Waals surface area contributed by atoms with Crippen molar-refractivity contribution in [2.45, 2.75) is 20.3 Å². The fourth-order valence-corrected chi connectivity index (χ4v) is 1.50. The van der Waals surface area contributed by atoms with Crippen LogP contribution < -0.4 is 4.90 Å². The van der Waals surface area contributed by atoms with E-state index < -0.39 is 0 Å². The lowest BCUT2D eigenvalue weighted by molar-refractivity contribution is 0.112. The van der Waals surface area contributed by atoms with Gasteiger partial charge in [-0.3, -0.25) is 4.79 Å². The van der Waals surface area contributed by atoms with Gasteiger partial charge in [0.15, 0.2) is 6.29 Å². The molecule has 0 aromatic carbocycles. The summed E-state index contributed by atoms with van der Waals surface area (Å²) in [7, 11) is 1.90. The Morgan fingerprint density at radius 2 is 2.19 bits per heavy atom. The summed E-state index contributed by atoms with van der Waals surface area (Å²) in [4.78, 5) is 20.7. The zero-order valence-corrected chi connectivity index (χ0v) is 10.5. The van der Waals surface area contributed by atoms with Gasteiger partial charge in [0, 0.05) is 13.6 Å². The van der Waals surface area contributed by atoms with E-state index in [2.05, 4.69) is 23.8 Å². The summed E-state index contributed by atoms with van der Waals surface area (Å²) in [5.74, 6) is 1.20. The maximum atomic E-state index is 10.9. The van der Waals surface area contributed by atoms with Crippen LogP contribution >= 0.6 is 11.6 Å². The molecule has 0 N–H and O–H groups in total. The molecule has 0 saturated heterocycles. The number of hydrogen-bond acceptors (Lipinski definition) is 4. The molecule has 0 amide bonds. The number of carbonyl (C=O) groups is 1. The van der Waals surface area contributed by atoms with Crippen LogP contribution in [0.2, 0.25) is 5.15 Å². The lowest BCUT2D eigenvalue weighted by Gasteiger charge is -2.20. The second-order valence-electron chi connectivity index (χ2n) is 4.12. The zero-order valence-electron chi connectivity index (χ0n) is 9.77. The van der Waals surface area contributed by atoms with Gasteiger partial charge < -0.3 is 4.90 Å². The molecule has 1 aromatic heterocycles. The molecule has 88 valence electrons. The van der Waals surface area contributed by atoms with E-state index in [1.807, 2.05) is 11.9 Å². The second-order valence-corrected chi connectivity index (χ2v) is 4.48. The van der Waals surface area contributed by atoms with Crippen LogP contribution in [0.25, 0.3) is 0 Å². The Balaban J connectivity index is 2.86. The summed E-state index contributed by atoms with van der Waals surface area (Å²) >= 11 is 5.83. The molecular formula is C11H16ClN3O. The fraction of sp³-hybridized carbons (Fsp3) is 0.545. The van der Waals surface area contributed by atoms with E-state index in [-0.39, 0.29) is 5.15 Å². The molecule has 0 saturated carbocycles. The van der Waals surface area contributed by atoms with Crippen molar-refractivity contribution >= 4 is 23.7 Å². The predicted octanol–water partition coefficient (Wildman–Crippen LogP) is 2.42. The van der Waals surface area contributed by atoms with Crippen molar-refractivity contribution in [3.05, 3.63) is 17.0 Å². The molecule has 0 atom stereocenters. The van der Waals surface area contributed by atoms with Crippen molar-refractivity contribution in [2.75, 3.05) is 18.5 Å². The molecule has 0 spiro atoms. The van der Waals surface area contributed by atoms with E-state index in [9.17, 15) is 4.79 Å². The average Bonchev–Trinajstić information content (AvgIpc) is 2.25. The number of hydrogen-bond donors (Lipinski definition) is 0. The molecule has 16 heavy (non-hydrogen) atoms. The van der Waals surface area contributed by atoms with Crippen molar-refractivity contribution in [3.8, 4) is 0 Å². The number of halogens is 1. The molecule has 0 aliphatic rings. The van der Waals surface area contributed by atoms with Crippen LogP contribution in [0.1, 0.15) is 30.6 Å². The number of aldehydes is 1. The third kappa shape index (κ3) is 3.17. The van der Waals surface area contributed by atoms with Gasteiger partial charge in [-0.15, -0.1) is 0 Å². The molecule has 0 radical (unpaired) electrons. The van der Waals surface area contributed by atoms with E-state index in [4.69, 9.17) is 11.6 Å². The van der Waals surface area contributed by atoms with E-state index in [0.717, 1.165) is 13.0 Å². The van der Waals surface area contributed by atoms with Crippen LogP contribution in [-0.2, 0) is 0 Å². The monoisotopic (exact) mass is 241 g/mol. The SMILES string of the molecule is CC(C)CCN(C)c1ncnc(Cl)c1C=O. The standard InChI is InChI=1S/C11H16ClN3O/c1-8(2)4-5-15(3)11-9(6-16)10(12)13-7-14-11/h6-8H,4-5H2,1-3H3. The van der Waals surface area contributed by atoms with Gasteiger partial charge >= 0.3 is 0 Å². The first-order chi connectivity index (χ1) is 7.56. The highest BCUT2D eigenvalue weighted by atomic mass is 35.5. The van der Waals surface area contributed by atoms with Crippen LogP contribution in [0.15, 0.2) is 6.33 Å². The number of aromatic nitrogens is 2. The minimum atomic E-state index is 0.205. The van der Waals surface area contributed by atoms with E-state index >= 15 is 0 Å². The highest BCUT2D eigenvalue weighted by Crippen LogP contribution is 2.20. The summed E-state index contributed by atoms with van der Waals surface area (Å²) < 4.78 is 0. The van der Waals surface area contributed by atoms with Crippen LogP contribution in [0.3, 0.4) is 0 Å². The molecule has 0 aliphatic heterocycles. The van der Waals surface area contributed by atoms with Gasteiger partial charge in [-0.25, -0.2) is 9.97 Å². The molecule has 1 aromatic rings. The summed E-state index contributed by atoms with van der Waals surface area (Å²) in [6, 6.07) is 0. The Bertz CT molecular complexity index is 368. The third-order valence-corrected chi connectivity index (χ3v) is 2.64. The molecule has 0 bridgehead atoms. The highest BCUT2D eigenvalue weighted by molar-refractivity contribution is 6.32. The first-order valence-electron chi connectivity index (χ1n) is 5.23. The van der Waals surface area contributed by atoms with E-state index in [1.54, 1.807) is 0 Å². The predicted molar refractivity (Wildman–Crippen MR) is 65.2 cm³/mol. The van der Waals surface area contributed by atoms with Crippen molar-refractivity contribution in [1.82, 2.24) is 9.97 Å². The van der Waals surface area contributed by atoms with Crippen molar-refractivity contribution in [3.63, 3.8) is 0 Å². The van der Waals surface area contributed by atoms with Gasteiger partial charge in [-0.05, 0) is 12.3 Å². The molecule has 4 nitrogen and oxygen atoms in total. The smallest absolute Gasteiger partial charge is 0.156 e. The van der Waals surface area contributed by atoms with Gasteiger partial charge in [-0.1, -0.05) is 25.4 Å². The lowest BCUT2D eigenvalue weighted by Crippen LogP contribution is -2.22. The molecule has 1 heterocycles. The van der Waals surface area contributed by atoms with Crippen LogP contribution in [0, 0.1) is 5.92 Å². The molecule has 0 aliphatic carbocycles. The minimum absolute atomic E-state index is 0.205. The number of anilines is 1. The quantitative estimate of drug-likeness (QED) is 0.587. The maximum absolute atomic E-state index is 10.9. The largest absolute Gasteiger partial charge is 0.359 e. The Morgan fingerprint density at radius 3 is 2.75 bits per heavy atom. The Kier molecular flexibility index (Phi) is 4.68. The van der Waals surface area contributed by atoms with Gasteiger partial charge in [0.05, 0.1) is 5.56 Å². The number of rotatable bonds is 5. The minimum Gasteiger partial charge on any atom is -0.359 e. The van der Waals surface area contributed by atoms with E-state index in [1.165, 1.54) is 6.33 Å². The first-order valence-corrected chi connectivity index (χ1v) is 5.60. The summed E-state index contributed by atoms with van der Waals surface area (Å²) in [5.41, 5.74) is 0.357. The molecule has 0 fully saturated rings. The summed E-state index contributed by atoms with van der Waals surface area (Å²) in [6.45, 7) is 5.15. The highest BCUT2D eigenvalue weighted by Gasteiger charge is 2.12. The normalized spacial score (nSPS) is 10.6. The van der Waals surface area contributed by atoms with Gasteiger partial charge in [0.25, 0.3) is 0 Å². The zero-order chi connectivity index (χ0) is 12.1. The second kappa shape index (κ2) is 5.80. The van der Waals surface area contributed by atoms with Crippen LogP contribution in [0.4, 0.5) is 5.82 Å². The topological polar surface area (TPSA) is 46.1 Å².